The Morgan fingerprint density at radius 3 is 2.61 bits per heavy atom. The van der Waals surface area contributed by atoms with Crippen molar-refractivity contribution < 1.29 is 14.3 Å². The summed E-state index contributed by atoms with van der Waals surface area (Å²) >= 11 is 0. The molecule has 4 rings (SSSR count). The molecule has 0 bridgehead atoms. The molecule has 2 aliphatic heterocycles. The number of hydrogen-bond acceptors (Lipinski definition) is 4. The first-order valence-electron chi connectivity index (χ1n) is 10.7. The summed E-state index contributed by atoms with van der Waals surface area (Å²) in [6.45, 7) is 5.39. The van der Waals surface area contributed by atoms with Gasteiger partial charge in [-0.1, -0.05) is 30.3 Å². The first-order valence-corrected chi connectivity index (χ1v) is 10.7. The predicted molar refractivity (Wildman–Crippen MR) is 108 cm³/mol. The van der Waals surface area contributed by atoms with Gasteiger partial charge in [0.1, 0.15) is 0 Å². The lowest BCUT2D eigenvalue weighted by atomic mass is 9.90. The zero-order chi connectivity index (χ0) is 19.4. The van der Waals surface area contributed by atoms with Crippen molar-refractivity contribution in [3.63, 3.8) is 0 Å². The highest BCUT2D eigenvalue weighted by Crippen LogP contribution is 2.35. The van der Waals surface area contributed by atoms with Crippen LogP contribution < -0.4 is 5.32 Å². The molecule has 3 aliphatic rings. The fourth-order valence-electron chi connectivity index (χ4n) is 4.79. The third-order valence-corrected chi connectivity index (χ3v) is 6.39. The van der Waals surface area contributed by atoms with Crippen molar-refractivity contribution in [2.75, 3.05) is 39.9 Å². The molecule has 2 saturated heterocycles. The summed E-state index contributed by atoms with van der Waals surface area (Å²) in [5.41, 5.74) is 1.36. The fraction of sp³-hybridized carbons (Fsp3) is 0.682. The second kappa shape index (κ2) is 8.80. The number of urea groups is 1. The van der Waals surface area contributed by atoms with Crippen LogP contribution in [0.5, 0.6) is 0 Å². The van der Waals surface area contributed by atoms with E-state index in [1.807, 2.05) is 11.9 Å². The van der Waals surface area contributed by atoms with Crippen molar-refractivity contribution in [1.29, 1.82) is 0 Å². The van der Waals surface area contributed by atoms with Crippen LogP contribution in [-0.2, 0) is 16.0 Å². The summed E-state index contributed by atoms with van der Waals surface area (Å²) < 4.78 is 11.5. The van der Waals surface area contributed by atoms with E-state index in [4.69, 9.17) is 9.47 Å². The van der Waals surface area contributed by atoms with E-state index >= 15 is 0 Å². The van der Waals surface area contributed by atoms with Gasteiger partial charge in [0.25, 0.3) is 0 Å². The Kier molecular flexibility index (Phi) is 6.19. The van der Waals surface area contributed by atoms with Crippen LogP contribution in [0.2, 0.25) is 0 Å². The van der Waals surface area contributed by atoms with Crippen LogP contribution in [0.15, 0.2) is 30.3 Å². The number of ether oxygens (including phenoxy) is 2. The lowest BCUT2D eigenvalue weighted by molar-refractivity contribution is -0.179. The van der Waals surface area contributed by atoms with Crippen molar-refractivity contribution in [3.05, 3.63) is 35.9 Å². The Morgan fingerprint density at radius 2 is 1.89 bits per heavy atom. The normalized spacial score (nSPS) is 25.2. The number of carbonyl (C=O) groups is 1. The highest BCUT2D eigenvalue weighted by molar-refractivity contribution is 5.74. The molecule has 1 aromatic carbocycles. The minimum atomic E-state index is -0.362. The van der Waals surface area contributed by atoms with E-state index in [1.165, 1.54) is 5.56 Å². The molecule has 1 N–H and O–H groups in total. The second-order valence-corrected chi connectivity index (χ2v) is 8.59. The largest absolute Gasteiger partial charge is 0.348 e. The molecule has 0 aromatic heterocycles. The summed E-state index contributed by atoms with van der Waals surface area (Å²) in [5.74, 6) is 0.188. The number of benzene rings is 1. The Morgan fingerprint density at radius 1 is 1.18 bits per heavy atom. The van der Waals surface area contributed by atoms with Crippen LogP contribution >= 0.6 is 0 Å². The molecular weight excluding hydrogens is 354 g/mol. The van der Waals surface area contributed by atoms with Gasteiger partial charge in [0.15, 0.2) is 5.79 Å². The van der Waals surface area contributed by atoms with Crippen LogP contribution in [0.1, 0.15) is 37.7 Å². The topological polar surface area (TPSA) is 54.0 Å². The minimum absolute atomic E-state index is 0.0516. The second-order valence-electron chi connectivity index (χ2n) is 8.59. The standard InChI is InChI=1S/C22H33N3O3/c1-24(15-19-9-12-25(17-19)16-18-5-3-2-4-6-18)21(26)23-20-7-10-22(11-8-20)27-13-14-28-22/h2-6,19-20H,7-17H2,1H3,(H,23,26). The summed E-state index contributed by atoms with van der Waals surface area (Å²) in [6.07, 6.45) is 4.75. The van der Waals surface area contributed by atoms with Gasteiger partial charge in [0.2, 0.25) is 0 Å². The number of nitrogens with zero attached hydrogens (tertiary/aromatic N) is 2. The zero-order valence-corrected chi connectivity index (χ0v) is 16.9. The summed E-state index contributed by atoms with van der Waals surface area (Å²) in [4.78, 5) is 17.0. The molecule has 0 radical (unpaired) electrons. The van der Waals surface area contributed by atoms with Crippen LogP contribution in [-0.4, -0.2) is 67.6 Å². The third kappa shape index (κ3) is 4.85. The molecule has 1 unspecified atom stereocenters. The van der Waals surface area contributed by atoms with Gasteiger partial charge in [-0.15, -0.1) is 0 Å². The van der Waals surface area contributed by atoms with Gasteiger partial charge in [-0.25, -0.2) is 4.79 Å². The van der Waals surface area contributed by atoms with Gasteiger partial charge < -0.3 is 19.7 Å². The molecule has 1 aliphatic carbocycles. The highest BCUT2D eigenvalue weighted by Gasteiger charge is 2.40. The number of likely N-dealkylation sites (tertiary alicyclic amines) is 1. The molecule has 3 fully saturated rings. The fourth-order valence-corrected chi connectivity index (χ4v) is 4.79. The highest BCUT2D eigenvalue weighted by atomic mass is 16.7. The number of nitrogens with one attached hydrogen (secondary N) is 1. The molecule has 1 spiro atoms. The Balaban J connectivity index is 1.18. The van der Waals surface area contributed by atoms with Crippen molar-refractivity contribution in [1.82, 2.24) is 15.1 Å². The van der Waals surface area contributed by atoms with Gasteiger partial charge >= 0.3 is 6.03 Å². The Bertz CT molecular complexity index is 638. The predicted octanol–water partition coefficient (Wildman–Crippen LogP) is 2.84. The van der Waals surface area contributed by atoms with E-state index in [1.54, 1.807) is 0 Å². The number of rotatable bonds is 5. The number of hydrogen-bond donors (Lipinski definition) is 1. The molecule has 6 heteroatoms. The lowest BCUT2D eigenvalue weighted by Gasteiger charge is -2.36. The van der Waals surface area contributed by atoms with Crippen molar-refractivity contribution in [2.45, 2.75) is 50.5 Å². The summed E-state index contributed by atoms with van der Waals surface area (Å²) in [7, 11) is 1.92. The van der Waals surface area contributed by atoms with Crippen molar-refractivity contribution in [2.24, 2.45) is 5.92 Å². The van der Waals surface area contributed by atoms with E-state index in [0.29, 0.717) is 19.1 Å². The zero-order valence-electron chi connectivity index (χ0n) is 16.9. The minimum Gasteiger partial charge on any atom is -0.348 e. The van der Waals surface area contributed by atoms with Crippen molar-refractivity contribution >= 4 is 6.03 Å². The third-order valence-electron chi connectivity index (χ3n) is 6.39. The summed E-state index contributed by atoms with van der Waals surface area (Å²) in [5, 5.41) is 3.21. The first kappa shape index (κ1) is 19.7. The maximum Gasteiger partial charge on any atom is 0.317 e. The monoisotopic (exact) mass is 387 g/mol. The smallest absolute Gasteiger partial charge is 0.317 e. The number of carbonyl (C=O) groups excluding carboxylic acids is 1. The maximum atomic E-state index is 12.6. The quantitative estimate of drug-likeness (QED) is 0.844. The molecule has 6 nitrogen and oxygen atoms in total. The van der Waals surface area contributed by atoms with Crippen molar-refractivity contribution in [3.8, 4) is 0 Å². The van der Waals surface area contributed by atoms with Crippen LogP contribution in [0, 0.1) is 5.92 Å². The first-order chi connectivity index (χ1) is 13.6. The SMILES string of the molecule is CN(CC1CCN(Cc2ccccc2)C1)C(=O)NC1CCC2(CC1)OCCO2. The van der Waals surface area contributed by atoms with Crippen LogP contribution in [0.4, 0.5) is 4.79 Å². The summed E-state index contributed by atoms with van der Waals surface area (Å²) in [6, 6.07) is 10.9. The molecule has 2 amide bonds. The van der Waals surface area contributed by atoms with E-state index in [2.05, 4.69) is 40.5 Å². The van der Waals surface area contributed by atoms with Gasteiger partial charge in [-0.3, -0.25) is 4.90 Å². The van der Waals surface area contributed by atoms with Gasteiger partial charge in [-0.05, 0) is 37.3 Å². The van der Waals surface area contributed by atoms with Gasteiger partial charge in [0.05, 0.1) is 13.2 Å². The lowest BCUT2D eigenvalue weighted by Crippen LogP contribution is -2.48. The average molecular weight is 388 g/mol. The molecule has 154 valence electrons. The van der Waals surface area contributed by atoms with Crippen LogP contribution in [0.25, 0.3) is 0 Å². The van der Waals surface area contributed by atoms with Gasteiger partial charge in [-0.2, -0.15) is 0 Å². The molecule has 2 heterocycles. The molecule has 1 saturated carbocycles. The van der Waals surface area contributed by atoms with E-state index in [0.717, 1.165) is 58.3 Å². The maximum absolute atomic E-state index is 12.6. The number of amides is 2. The Labute approximate surface area is 168 Å². The van der Waals surface area contributed by atoms with E-state index in [9.17, 15) is 4.79 Å². The van der Waals surface area contributed by atoms with Crippen LogP contribution in [0.3, 0.4) is 0 Å². The van der Waals surface area contributed by atoms with Gasteiger partial charge in [0, 0.05) is 45.6 Å². The molecule has 1 aromatic rings. The van der Waals surface area contributed by atoms with E-state index in [-0.39, 0.29) is 17.9 Å². The van der Waals surface area contributed by atoms with E-state index < -0.39 is 0 Å². The molecule has 28 heavy (non-hydrogen) atoms. The average Bonchev–Trinajstić information content (AvgIpc) is 3.34. The Hall–Kier alpha value is -1.63. The molecular formula is C22H33N3O3. The molecule has 1 atom stereocenters.